The van der Waals surface area contributed by atoms with E-state index in [0.29, 0.717) is 5.92 Å². The van der Waals surface area contributed by atoms with Gasteiger partial charge in [-0.1, -0.05) is 19.3 Å². The van der Waals surface area contributed by atoms with Crippen molar-refractivity contribution in [2.24, 2.45) is 11.7 Å². The van der Waals surface area contributed by atoms with Crippen molar-refractivity contribution in [2.45, 2.75) is 44.6 Å². The SMILES string of the molecule is N[C@@H](CC(=O)O)C1CCCCC1.[LiH]. The van der Waals surface area contributed by atoms with Crippen LogP contribution in [0, 0.1) is 5.92 Å². The molecule has 0 spiro atoms. The summed E-state index contributed by atoms with van der Waals surface area (Å²) in [6, 6.07) is -0.122. The molecule has 0 radical (unpaired) electrons. The van der Waals surface area contributed by atoms with E-state index in [9.17, 15) is 4.79 Å². The Morgan fingerprint density at radius 3 is 2.38 bits per heavy atom. The molecule has 0 heterocycles. The van der Waals surface area contributed by atoms with Gasteiger partial charge >= 0.3 is 24.8 Å². The minimum atomic E-state index is -0.770. The average molecular weight is 179 g/mol. The quantitative estimate of drug-likeness (QED) is 0.627. The number of nitrogens with two attached hydrogens (primary N) is 1. The van der Waals surface area contributed by atoms with Gasteiger partial charge in [-0.15, -0.1) is 0 Å². The average Bonchev–Trinajstić information content (AvgIpc) is 2.05. The molecular formula is C9H18LiNO2. The van der Waals surface area contributed by atoms with E-state index in [-0.39, 0.29) is 31.3 Å². The van der Waals surface area contributed by atoms with Crippen molar-refractivity contribution >= 4 is 24.8 Å². The van der Waals surface area contributed by atoms with Crippen molar-refractivity contribution < 1.29 is 9.90 Å². The zero-order valence-corrected chi connectivity index (χ0v) is 7.33. The zero-order valence-electron chi connectivity index (χ0n) is 7.33. The Balaban J connectivity index is 0.00000144. The molecule has 1 saturated carbocycles. The molecular weight excluding hydrogens is 161 g/mol. The minimum absolute atomic E-state index is 0. The van der Waals surface area contributed by atoms with E-state index >= 15 is 0 Å². The topological polar surface area (TPSA) is 63.3 Å². The molecule has 1 aliphatic carbocycles. The van der Waals surface area contributed by atoms with Crippen LogP contribution >= 0.6 is 0 Å². The second kappa shape index (κ2) is 6.48. The summed E-state index contributed by atoms with van der Waals surface area (Å²) in [5, 5.41) is 8.53. The van der Waals surface area contributed by atoms with Gasteiger partial charge in [0.05, 0.1) is 6.42 Å². The third-order valence-corrected chi connectivity index (χ3v) is 2.67. The molecule has 13 heavy (non-hydrogen) atoms. The van der Waals surface area contributed by atoms with Crippen LogP contribution in [0.25, 0.3) is 0 Å². The van der Waals surface area contributed by atoms with Crippen LogP contribution in [0.1, 0.15) is 38.5 Å². The number of carbonyl (C=O) groups is 1. The molecule has 1 fully saturated rings. The summed E-state index contributed by atoms with van der Waals surface area (Å²) in [5.41, 5.74) is 5.77. The molecule has 0 amide bonds. The molecule has 0 aromatic heterocycles. The van der Waals surface area contributed by atoms with Crippen molar-refractivity contribution in [1.82, 2.24) is 0 Å². The van der Waals surface area contributed by atoms with Gasteiger partial charge in [0.1, 0.15) is 0 Å². The molecule has 0 aliphatic heterocycles. The Morgan fingerprint density at radius 1 is 1.38 bits per heavy atom. The van der Waals surface area contributed by atoms with E-state index < -0.39 is 5.97 Å². The maximum atomic E-state index is 10.4. The van der Waals surface area contributed by atoms with E-state index in [4.69, 9.17) is 10.8 Å². The van der Waals surface area contributed by atoms with E-state index in [1.807, 2.05) is 0 Å². The third-order valence-electron chi connectivity index (χ3n) is 2.67. The van der Waals surface area contributed by atoms with Crippen molar-refractivity contribution in [3.05, 3.63) is 0 Å². The summed E-state index contributed by atoms with van der Waals surface area (Å²) in [6.07, 6.45) is 6.10. The van der Waals surface area contributed by atoms with Crippen LogP contribution in [0.3, 0.4) is 0 Å². The normalized spacial score (nSPS) is 20.4. The molecule has 3 nitrogen and oxygen atoms in total. The predicted octanol–water partition coefficient (Wildman–Crippen LogP) is 0.720. The van der Waals surface area contributed by atoms with Gasteiger partial charge in [0, 0.05) is 6.04 Å². The first kappa shape index (κ1) is 13.0. The van der Waals surface area contributed by atoms with Crippen molar-refractivity contribution in [3.63, 3.8) is 0 Å². The number of hydrogen-bond acceptors (Lipinski definition) is 2. The van der Waals surface area contributed by atoms with Gasteiger partial charge in [-0.05, 0) is 18.8 Å². The monoisotopic (exact) mass is 179 g/mol. The summed E-state index contributed by atoms with van der Waals surface area (Å²) < 4.78 is 0. The molecule has 0 bridgehead atoms. The molecule has 1 atom stereocenters. The standard InChI is InChI=1S/C9H17NO2.Li.H/c10-8(6-9(11)12)7-4-2-1-3-5-7;;/h7-8H,1-6,10H2,(H,11,12);;/t8-;;/m0../s1. The number of hydrogen-bond donors (Lipinski definition) is 2. The first-order valence-corrected chi connectivity index (χ1v) is 4.67. The summed E-state index contributed by atoms with van der Waals surface area (Å²) >= 11 is 0. The summed E-state index contributed by atoms with van der Waals surface area (Å²) in [4.78, 5) is 10.4. The second-order valence-electron chi connectivity index (χ2n) is 3.66. The van der Waals surface area contributed by atoms with Crippen LogP contribution in [0.5, 0.6) is 0 Å². The van der Waals surface area contributed by atoms with Gasteiger partial charge in [0.25, 0.3) is 0 Å². The van der Waals surface area contributed by atoms with Crippen LogP contribution < -0.4 is 5.73 Å². The van der Waals surface area contributed by atoms with Crippen LogP contribution in [-0.4, -0.2) is 36.0 Å². The van der Waals surface area contributed by atoms with Crippen molar-refractivity contribution in [3.8, 4) is 0 Å². The van der Waals surface area contributed by atoms with Crippen LogP contribution in [-0.2, 0) is 4.79 Å². The Bertz CT molecular complexity index is 158. The molecule has 0 aromatic carbocycles. The second-order valence-corrected chi connectivity index (χ2v) is 3.66. The van der Waals surface area contributed by atoms with Crippen LogP contribution in [0.4, 0.5) is 0 Å². The van der Waals surface area contributed by atoms with E-state index in [1.165, 1.54) is 19.3 Å². The molecule has 0 aromatic rings. The van der Waals surface area contributed by atoms with Crippen LogP contribution in [0.15, 0.2) is 0 Å². The maximum absolute atomic E-state index is 10.4. The zero-order chi connectivity index (χ0) is 8.97. The Labute approximate surface area is 91.2 Å². The van der Waals surface area contributed by atoms with Gasteiger partial charge in [-0.2, -0.15) is 0 Å². The Kier molecular flexibility index (Phi) is 6.49. The van der Waals surface area contributed by atoms with Gasteiger partial charge in [0.15, 0.2) is 0 Å². The molecule has 3 N–H and O–H groups in total. The van der Waals surface area contributed by atoms with Crippen molar-refractivity contribution in [2.75, 3.05) is 0 Å². The number of aliphatic carboxylic acids is 1. The molecule has 1 rings (SSSR count). The van der Waals surface area contributed by atoms with Crippen molar-refractivity contribution in [1.29, 1.82) is 0 Å². The van der Waals surface area contributed by atoms with Gasteiger partial charge < -0.3 is 10.8 Å². The van der Waals surface area contributed by atoms with Gasteiger partial charge in [0.2, 0.25) is 0 Å². The molecule has 0 saturated heterocycles. The summed E-state index contributed by atoms with van der Waals surface area (Å²) in [5.74, 6) is -0.317. The van der Waals surface area contributed by atoms with Crippen LogP contribution in [0.2, 0.25) is 0 Å². The Morgan fingerprint density at radius 2 is 1.92 bits per heavy atom. The Hall–Kier alpha value is 0.0274. The fourth-order valence-electron chi connectivity index (χ4n) is 1.93. The van der Waals surface area contributed by atoms with Gasteiger partial charge in [-0.3, -0.25) is 4.79 Å². The molecule has 4 heteroatoms. The van der Waals surface area contributed by atoms with E-state index in [0.717, 1.165) is 12.8 Å². The first-order chi connectivity index (χ1) is 5.70. The predicted molar refractivity (Wildman–Crippen MR) is 54.0 cm³/mol. The molecule has 0 unspecified atom stereocenters. The number of carboxylic acid groups (broad SMARTS) is 1. The molecule has 72 valence electrons. The van der Waals surface area contributed by atoms with E-state index in [2.05, 4.69) is 0 Å². The first-order valence-electron chi connectivity index (χ1n) is 4.67. The summed E-state index contributed by atoms with van der Waals surface area (Å²) in [6.45, 7) is 0. The summed E-state index contributed by atoms with van der Waals surface area (Å²) in [7, 11) is 0. The number of rotatable bonds is 3. The number of carboxylic acids is 1. The third kappa shape index (κ3) is 4.71. The fraction of sp³-hybridized carbons (Fsp3) is 0.889. The fourth-order valence-corrected chi connectivity index (χ4v) is 1.93. The molecule has 1 aliphatic rings. The van der Waals surface area contributed by atoms with Gasteiger partial charge in [-0.25, -0.2) is 0 Å². The van der Waals surface area contributed by atoms with E-state index in [1.54, 1.807) is 0 Å².